The summed E-state index contributed by atoms with van der Waals surface area (Å²) in [5, 5.41) is 17.7. The summed E-state index contributed by atoms with van der Waals surface area (Å²) in [6.45, 7) is 4.63. The summed E-state index contributed by atoms with van der Waals surface area (Å²) in [6.07, 6.45) is 17.9. The van der Waals surface area contributed by atoms with Crippen LogP contribution in [-0.4, -0.2) is 22.2 Å². The predicted molar refractivity (Wildman–Crippen MR) is 107 cm³/mol. The highest BCUT2D eigenvalue weighted by Gasteiger charge is 2.20. The summed E-state index contributed by atoms with van der Waals surface area (Å²) in [7, 11) is 0. The van der Waals surface area contributed by atoms with E-state index in [2.05, 4.69) is 13.8 Å². The van der Waals surface area contributed by atoms with Crippen molar-refractivity contribution in [1.29, 1.82) is 0 Å². The van der Waals surface area contributed by atoms with E-state index in [1.165, 1.54) is 70.6 Å². The number of unbranched alkanes of at least 4 members (excludes halogenated alkanes) is 10. The highest BCUT2D eigenvalue weighted by molar-refractivity contribution is 5.77. The van der Waals surface area contributed by atoms with Crippen LogP contribution in [0.5, 0.6) is 0 Å². The molecular formula is C22H42O4. The van der Waals surface area contributed by atoms with Gasteiger partial charge in [-0.25, -0.2) is 0 Å². The molecule has 0 rings (SSSR count). The molecule has 0 saturated carbocycles. The molecule has 0 aromatic rings. The van der Waals surface area contributed by atoms with Crippen molar-refractivity contribution in [2.24, 2.45) is 11.8 Å². The van der Waals surface area contributed by atoms with Crippen LogP contribution in [0.15, 0.2) is 0 Å². The Morgan fingerprint density at radius 3 is 1.54 bits per heavy atom. The molecule has 4 heteroatoms. The number of hydrogen-bond donors (Lipinski definition) is 2. The Morgan fingerprint density at radius 2 is 1.12 bits per heavy atom. The molecule has 2 N–H and O–H groups in total. The molecule has 0 saturated heterocycles. The predicted octanol–water partition coefficient (Wildman–Crippen LogP) is 6.67. The first kappa shape index (κ1) is 24.9. The Hall–Kier alpha value is -1.06. The van der Waals surface area contributed by atoms with Crippen molar-refractivity contribution < 1.29 is 19.8 Å². The number of carboxylic acid groups (broad SMARTS) is 2. The van der Waals surface area contributed by atoms with E-state index in [1.54, 1.807) is 0 Å². The second-order valence-electron chi connectivity index (χ2n) is 7.99. The van der Waals surface area contributed by atoms with Gasteiger partial charge in [-0.05, 0) is 12.3 Å². The Balaban J connectivity index is 3.44. The maximum atomic E-state index is 11.0. The minimum atomic E-state index is -1.02. The van der Waals surface area contributed by atoms with Gasteiger partial charge in [-0.2, -0.15) is 0 Å². The summed E-state index contributed by atoms with van der Waals surface area (Å²) in [5.74, 6) is -1.89. The minimum Gasteiger partial charge on any atom is -0.481 e. The minimum absolute atomic E-state index is 0.258. The third-order valence-electron chi connectivity index (χ3n) is 5.32. The van der Waals surface area contributed by atoms with Gasteiger partial charge in [0, 0.05) is 0 Å². The molecule has 0 heterocycles. The summed E-state index contributed by atoms with van der Waals surface area (Å²) >= 11 is 0. The van der Waals surface area contributed by atoms with Gasteiger partial charge in [0.25, 0.3) is 0 Å². The quantitative estimate of drug-likeness (QED) is 0.249. The molecule has 0 amide bonds. The largest absolute Gasteiger partial charge is 0.481 e. The summed E-state index contributed by atoms with van der Waals surface area (Å²) < 4.78 is 0. The first-order chi connectivity index (χ1) is 12.5. The molecule has 2 unspecified atom stereocenters. The standard InChI is InChI=1S/C22H42O4/c1-3-4-5-6-9-12-15-19(2)16-13-10-7-8-11-14-17-20(22(25)26)18-21(23)24/h19-20H,3-18H2,1-2H3,(H,23,24)(H,25,26). The number of carbonyl (C=O) groups is 2. The molecule has 0 aromatic heterocycles. The average molecular weight is 371 g/mol. The normalized spacial score (nSPS) is 13.5. The second kappa shape index (κ2) is 17.4. The van der Waals surface area contributed by atoms with Crippen LogP contribution in [0.3, 0.4) is 0 Å². The first-order valence-corrected chi connectivity index (χ1v) is 10.9. The van der Waals surface area contributed by atoms with Gasteiger partial charge in [0.2, 0.25) is 0 Å². The SMILES string of the molecule is CCCCCCCCC(C)CCCCCCCCC(CC(=O)O)C(=O)O. The van der Waals surface area contributed by atoms with Crippen molar-refractivity contribution in [1.82, 2.24) is 0 Å². The van der Waals surface area contributed by atoms with Crippen molar-refractivity contribution in [3.8, 4) is 0 Å². The molecule has 0 radical (unpaired) electrons. The van der Waals surface area contributed by atoms with Gasteiger partial charge < -0.3 is 10.2 Å². The van der Waals surface area contributed by atoms with E-state index in [-0.39, 0.29) is 6.42 Å². The van der Waals surface area contributed by atoms with Crippen LogP contribution < -0.4 is 0 Å². The van der Waals surface area contributed by atoms with Gasteiger partial charge >= 0.3 is 11.9 Å². The fourth-order valence-electron chi connectivity index (χ4n) is 3.53. The average Bonchev–Trinajstić information content (AvgIpc) is 2.58. The van der Waals surface area contributed by atoms with Gasteiger partial charge in [0.15, 0.2) is 0 Å². The molecule has 0 aromatic carbocycles. The molecule has 0 aliphatic rings. The lowest BCUT2D eigenvalue weighted by atomic mass is 9.95. The van der Waals surface area contributed by atoms with Crippen LogP contribution in [-0.2, 0) is 9.59 Å². The van der Waals surface area contributed by atoms with E-state index in [0.29, 0.717) is 6.42 Å². The lowest BCUT2D eigenvalue weighted by molar-refractivity contribution is -0.148. The molecule has 154 valence electrons. The molecular weight excluding hydrogens is 328 g/mol. The van der Waals surface area contributed by atoms with Crippen LogP contribution >= 0.6 is 0 Å². The monoisotopic (exact) mass is 370 g/mol. The van der Waals surface area contributed by atoms with E-state index in [9.17, 15) is 9.59 Å². The van der Waals surface area contributed by atoms with Crippen molar-refractivity contribution in [3.63, 3.8) is 0 Å². The van der Waals surface area contributed by atoms with Gasteiger partial charge in [-0.15, -0.1) is 0 Å². The molecule has 0 aliphatic heterocycles. The fourth-order valence-corrected chi connectivity index (χ4v) is 3.53. The van der Waals surface area contributed by atoms with Crippen LogP contribution in [0.4, 0.5) is 0 Å². The van der Waals surface area contributed by atoms with E-state index in [1.807, 2.05) is 0 Å². The number of rotatable bonds is 19. The third-order valence-corrected chi connectivity index (χ3v) is 5.32. The Kier molecular flexibility index (Phi) is 16.7. The second-order valence-corrected chi connectivity index (χ2v) is 7.99. The molecule has 26 heavy (non-hydrogen) atoms. The summed E-state index contributed by atoms with van der Waals surface area (Å²) in [5.41, 5.74) is 0. The maximum Gasteiger partial charge on any atom is 0.307 e. The Morgan fingerprint density at radius 1 is 0.692 bits per heavy atom. The zero-order chi connectivity index (χ0) is 19.6. The maximum absolute atomic E-state index is 11.0. The van der Waals surface area contributed by atoms with E-state index >= 15 is 0 Å². The number of carboxylic acids is 2. The number of hydrogen-bond acceptors (Lipinski definition) is 2. The zero-order valence-corrected chi connectivity index (χ0v) is 17.2. The smallest absolute Gasteiger partial charge is 0.307 e. The number of aliphatic carboxylic acids is 2. The lowest BCUT2D eigenvalue weighted by Crippen LogP contribution is -2.17. The van der Waals surface area contributed by atoms with Gasteiger partial charge in [0.1, 0.15) is 0 Å². The molecule has 2 atom stereocenters. The van der Waals surface area contributed by atoms with Crippen LogP contribution in [0.1, 0.15) is 117 Å². The highest BCUT2D eigenvalue weighted by atomic mass is 16.4. The fraction of sp³-hybridized carbons (Fsp3) is 0.909. The van der Waals surface area contributed by atoms with Crippen LogP contribution in [0.25, 0.3) is 0 Å². The zero-order valence-electron chi connectivity index (χ0n) is 17.2. The third kappa shape index (κ3) is 16.4. The van der Waals surface area contributed by atoms with Crippen LogP contribution in [0, 0.1) is 11.8 Å². The molecule has 0 fully saturated rings. The molecule has 0 bridgehead atoms. The Bertz CT molecular complexity index is 354. The van der Waals surface area contributed by atoms with Gasteiger partial charge in [-0.1, -0.05) is 104 Å². The van der Waals surface area contributed by atoms with Crippen molar-refractivity contribution in [3.05, 3.63) is 0 Å². The van der Waals surface area contributed by atoms with E-state index in [0.717, 1.165) is 25.2 Å². The van der Waals surface area contributed by atoms with Crippen molar-refractivity contribution >= 4 is 11.9 Å². The van der Waals surface area contributed by atoms with Crippen molar-refractivity contribution in [2.75, 3.05) is 0 Å². The van der Waals surface area contributed by atoms with E-state index in [4.69, 9.17) is 10.2 Å². The van der Waals surface area contributed by atoms with Crippen molar-refractivity contribution in [2.45, 2.75) is 117 Å². The van der Waals surface area contributed by atoms with Crippen LogP contribution in [0.2, 0.25) is 0 Å². The highest BCUT2D eigenvalue weighted by Crippen LogP contribution is 2.19. The molecule has 0 spiro atoms. The Labute approximate surface area is 160 Å². The molecule has 0 aliphatic carbocycles. The molecule has 4 nitrogen and oxygen atoms in total. The summed E-state index contributed by atoms with van der Waals surface area (Å²) in [6, 6.07) is 0. The lowest BCUT2D eigenvalue weighted by Gasteiger charge is -2.11. The summed E-state index contributed by atoms with van der Waals surface area (Å²) in [4.78, 5) is 21.6. The van der Waals surface area contributed by atoms with Gasteiger partial charge in [0.05, 0.1) is 12.3 Å². The van der Waals surface area contributed by atoms with E-state index < -0.39 is 17.9 Å². The topological polar surface area (TPSA) is 74.6 Å². The first-order valence-electron chi connectivity index (χ1n) is 10.9. The van der Waals surface area contributed by atoms with Gasteiger partial charge in [-0.3, -0.25) is 9.59 Å².